The molecule has 25 heavy (non-hydrogen) atoms. The largest absolute Gasteiger partial charge is 0.493 e. The van der Waals surface area contributed by atoms with E-state index >= 15 is 0 Å². The van der Waals surface area contributed by atoms with Crippen molar-refractivity contribution < 1.29 is 18.9 Å². The molecule has 5 nitrogen and oxygen atoms in total. The highest BCUT2D eigenvalue weighted by Crippen LogP contribution is 2.39. The number of rotatable bonds is 5. The first-order valence-electron chi connectivity index (χ1n) is 7.86. The van der Waals surface area contributed by atoms with Crippen molar-refractivity contribution in [2.75, 3.05) is 28.4 Å². The molecular formula is C20H21NO4. The van der Waals surface area contributed by atoms with Crippen molar-refractivity contribution in [3.8, 4) is 34.1 Å². The molecule has 3 aromatic rings. The van der Waals surface area contributed by atoms with E-state index in [0.29, 0.717) is 23.0 Å². The van der Waals surface area contributed by atoms with Gasteiger partial charge in [0.25, 0.3) is 0 Å². The van der Waals surface area contributed by atoms with Crippen molar-refractivity contribution in [2.24, 2.45) is 0 Å². The van der Waals surface area contributed by atoms with Crippen molar-refractivity contribution in [2.45, 2.75) is 6.92 Å². The Morgan fingerprint density at radius 1 is 0.680 bits per heavy atom. The van der Waals surface area contributed by atoms with Crippen molar-refractivity contribution in [3.63, 3.8) is 0 Å². The molecule has 3 rings (SSSR count). The van der Waals surface area contributed by atoms with E-state index < -0.39 is 0 Å². The normalized spacial score (nSPS) is 10.6. The zero-order valence-corrected chi connectivity index (χ0v) is 15.0. The first-order valence-corrected chi connectivity index (χ1v) is 7.86. The van der Waals surface area contributed by atoms with Crippen LogP contribution in [0.5, 0.6) is 23.0 Å². The zero-order chi connectivity index (χ0) is 18.0. The first kappa shape index (κ1) is 16.9. The minimum Gasteiger partial charge on any atom is -0.493 e. The second-order valence-electron chi connectivity index (χ2n) is 5.58. The van der Waals surface area contributed by atoms with Gasteiger partial charge in [-0.1, -0.05) is 6.07 Å². The van der Waals surface area contributed by atoms with Crippen LogP contribution in [0.2, 0.25) is 0 Å². The van der Waals surface area contributed by atoms with Crippen LogP contribution in [0.4, 0.5) is 0 Å². The Morgan fingerprint density at radius 3 is 1.84 bits per heavy atom. The molecule has 0 N–H and O–H groups in total. The first-order chi connectivity index (χ1) is 12.1. The fourth-order valence-electron chi connectivity index (χ4n) is 2.94. The molecule has 130 valence electrons. The molecule has 0 fully saturated rings. The fraction of sp³-hybridized carbons (Fsp3) is 0.250. The van der Waals surface area contributed by atoms with E-state index in [1.165, 1.54) is 0 Å². The number of hydrogen-bond donors (Lipinski definition) is 0. The van der Waals surface area contributed by atoms with Crippen LogP contribution in [-0.2, 0) is 0 Å². The third-order valence-electron chi connectivity index (χ3n) is 4.29. The molecule has 0 aliphatic rings. The summed E-state index contributed by atoms with van der Waals surface area (Å²) in [4.78, 5) is 4.54. The predicted molar refractivity (Wildman–Crippen MR) is 98.1 cm³/mol. The molecule has 0 spiro atoms. The summed E-state index contributed by atoms with van der Waals surface area (Å²) >= 11 is 0. The van der Waals surface area contributed by atoms with Gasteiger partial charge in [-0.2, -0.15) is 0 Å². The average Bonchev–Trinajstić information content (AvgIpc) is 2.66. The highest BCUT2D eigenvalue weighted by Gasteiger charge is 2.14. The topological polar surface area (TPSA) is 49.8 Å². The van der Waals surface area contributed by atoms with E-state index in [2.05, 4.69) is 4.98 Å². The highest BCUT2D eigenvalue weighted by molar-refractivity contribution is 5.99. The van der Waals surface area contributed by atoms with Crippen LogP contribution in [0.25, 0.3) is 21.9 Å². The Balaban J connectivity index is 2.28. The maximum Gasteiger partial charge on any atom is 0.161 e. The van der Waals surface area contributed by atoms with Gasteiger partial charge in [-0.3, -0.25) is 4.98 Å². The molecule has 0 atom stereocenters. The third-order valence-corrected chi connectivity index (χ3v) is 4.29. The molecule has 2 aromatic carbocycles. The van der Waals surface area contributed by atoms with E-state index in [4.69, 9.17) is 18.9 Å². The van der Waals surface area contributed by atoms with Crippen molar-refractivity contribution in [1.82, 2.24) is 4.98 Å². The molecule has 0 aliphatic carbocycles. The number of nitrogens with zero attached hydrogens (tertiary/aromatic N) is 1. The standard InChI is InChI=1S/C20H21NO4/c1-12-14-9-19(24-4)20(25-5)10-15(14)16(11-21-12)13-6-7-17(22-2)18(8-13)23-3/h6-11H,1-5H3. The number of methoxy groups -OCH3 is 4. The van der Waals surface area contributed by atoms with Crippen LogP contribution in [0.1, 0.15) is 5.69 Å². The molecule has 0 amide bonds. The lowest BCUT2D eigenvalue weighted by Crippen LogP contribution is -1.95. The number of hydrogen-bond acceptors (Lipinski definition) is 5. The highest BCUT2D eigenvalue weighted by atomic mass is 16.5. The molecule has 0 saturated heterocycles. The van der Waals surface area contributed by atoms with Gasteiger partial charge in [0.1, 0.15) is 0 Å². The second-order valence-corrected chi connectivity index (χ2v) is 5.58. The molecule has 0 unspecified atom stereocenters. The number of aryl methyl sites for hydroxylation is 1. The summed E-state index contributed by atoms with van der Waals surface area (Å²) in [6.45, 7) is 1.98. The van der Waals surface area contributed by atoms with E-state index in [1.54, 1.807) is 28.4 Å². The molecule has 0 saturated carbocycles. The van der Waals surface area contributed by atoms with Crippen LogP contribution in [0.3, 0.4) is 0 Å². The quantitative estimate of drug-likeness (QED) is 0.696. The summed E-state index contributed by atoms with van der Waals surface area (Å²) < 4.78 is 21.6. The summed E-state index contributed by atoms with van der Waals surface area (Å²) in [5, 5.41) is 2.06. The summed E-state index contributed by atoms with van der Waals surface area (Å²) in [5.41, 5.74) is 2.91. The number of benzene rings is 2. The summed E-state index contributed by atoms with van der Waals surface area (Å²) in [6.07, 6.45) is 1.87. The third kappa shape index (κ3) is 2.93. The maximum atomic E-state index is 5.47. The van der Waals surface area contributed by atoms with Crippen molar-refractivity contribution in [3.05, 3.63) is 42.2 Å². The lowest BCUT2D eigenvalue weighted by molar-refractivity contribution is 0.355. The Labute approximate surface area is 147 Å². The Hall–Kier alpha value is -2.95. The molecule has 0 radical (unpaired) electrons. The smallest absolute Gasteiger partial charge is 0.161 e. The Morgan fingerprint density at radius 2 is 1.24 bits per heavy atom. The number of aromatic nitrogens is 1. The van der Waals surface area contributed by atoms with Crippen LogP contribution in [-0.4, -0.2) is 33.4 Å². The van der Waals surface area contributed by atoms with E-state index in [9.17, 15) is 0 Å². The van der Waals surface area contributed by atoms with Gasteiger partial charge in [0.2, 0.25) is 0 Å². The van der Waals surface area contributed by atoms with Gasteiger partial charge in [-0.25, -0.2) is 0 Å². The minimum absolute atomic E-state index is 0.675. The van der Waals surface area contributed by atoms with Crippen LogP contribution in [0.15, 0.2) is 36.5 Å². The molecule has 0 aliphatic heterocycles. The van der Waals surface area contributed by atoms with Crippen molar-refractivity contribution >= 4 is 10.8 Å². The predicted octanol–water partition coefficient (Wildman–Crippen LogP) is 4.24. The molecule has 5 heteroatoms. The molecular weight excluding hydrogens is 318 g/mol. The number of pyridine rings is 1. The lowest BCUT2D eigenvalue weighted by Gasteiger charge is -2.14. The van der Waals surface area contributed by atoms with Gasteiger partial charge >= 0.3 is 0 Å². The van der Waals surface area contributed by atoms with Crippen LogP contribution in [0, 0.1) is 6.92 Å². The zero-order valence-electron chi connectivity index (χ0n) is 15.0. The van der Waals surface area contributed by atoms with E-state index in [1.807, 2.05) is 43.5 Å². The molecule has 0 bridgehead atoms. The SMILES string of the molecule is COc1ccc(-c2cnc(C)c3cc(OC)c(OC)cc23)cc1OC. The molecule has 1 aromatic heterocycles. The Bertz CT molecular complexity index is 921. The van der Waals surface area contributed by atoms with Gasteiger partial charge in [0.15, 0.2) is 23.0 Å². The second kappa shape index (κ2) is 6.89. The van der Waals surface area contributed by atoms with Gasteiger partial charge in [0, 0.05) is 22.8 Å². The lowest BCUT2D eigenvalue weighted by atomic mass is 9.98. The summed E-state index contributed by atoms with van der Waals surface area (Å²) in [7, 11) is 6.51. The number of fused-ring (bicyclic) bond motifs is 1. The molecule has 1 heterocycles. The van der Waals surface area contributed by atoms with Gasteiger partial charge < -0.3 is 18.9 Å². The summed E-state index contributed by atoms with van der Waals surface area (Å²) in [6, 6.07) is 9.77. The van der Waals surface area contributed by atoms with E-state index in [-0.39, 0.29) is 0 Å². The van der Waals surface area contributed by atoms with Gasteiger partial charge in [-0.05, 0) is 42.1 Å². The van der Waals surface area contributed by atoms with Gasteiger partial charge in [-0.15, -0.1) is 0 Å². The fourth-order valence-corrected chi connectivity index (χ4v) is 2.94. The summed E-state index contributed by atoms with van der Waals surface area (Å²) in [5.74, 6) is 2.73. The van der Waals surface area contributed by atoms with Gasteiger partial charge in [0.05, 0.1) is 28.4 Å². The maximum absolute atomic E-state index is 5.47. The minimum atomic E-state index is 0.675. The van der Waals surface area contributed by atoms with Crippen molar-refractivity contribution in [1.29, 1.82) is 0 Å². The number of ether oxygens (including phenoxy) is 4. The van der Waals surface area contributed by atoms with Crippen LogP contribution < -0.4 is 18.9 Å². The monoisotopic (exact) mass is 339 g/mol. The van der Waals surface area contributed by atoms with Crippen LogP contribution >= 0.6 is 0 Å². The van der Waals surface area contributed by atoms with E-state index in [0.717, 1.165) is 27.6 Å². The average molecular weight is 339 g/mol. The Kier molecular flexibility index (Phi) is 4.65.